The van der Waals surface area contributed by atoms with Crippen LogP contribution in [0.5, 0.6) is 5.75 Å². The van der Waals surface area contributed by atoms with Gasteiger partial charge in [-0.1, -0.05) is 12.1 Å². The van der Waals surface area contributed by atoms with Gasteiger partial charge in [0.05, 0.1) is 25.4 Å². The second-order valence-corrected chi connectivity index (χ2v) is 6.60. The Morgan fingerprint density at radius 1 is 1.35 bits per heavy atom. The van der Waals surface area contributed by atoms with Gasteiger partial charge in [0.25, 0.3) is 0 Å². The number of benzene rings is 1. The van der Waals surface area contributed by atoms with Crippen molar-refractivity contribution in [2.24, 2.45) is 4.99 Å². The molecule has 2 atom stereocenters. The number of guanidine groups is 1. The van der Waals surface area contributed by atoms with Crippen LogP contribution >= 0.6 is 24.0 Å². The summed E-state index contributed by atoms with van der Waals surface area (Å²) in [6, 6.07) is 8.59. The van der Waals surface area contributed by atoms with Gasteiger partial charge in [-0.05, 0) is 38.3 Å². The van der Waals surface area contributed by atoms with Crippen molar-refractivity contribution >= 4 is 35.6 Å². The number of nitrogens with zero attached hydrogens (tertiary/aromatic N) is 2. The molecule has 0 spiro atoms. The first-order valence-electron chi connectivity index (χ1n) is 9.34. The lowest BCUT2D eigenvalue weighted by Gasteiger charge is -2.22. The normalized spacial score (nSPS) is 22.8. The van der Waals surface area contributed by atoms with Crippen molar-refractivity contribution in [1.82, 2.24) is 10.6 Å². The zero-order valence-corrected chi connectivity index (χ0v) is 18.1. The highest BCUT2D eigenvalue weighted by Crippen LogP contribution is 2.30. The number of ether oxygens (including phenoxy) is 2. The summed E-state index contributed by atoms with van der Waals surface area (Å²) in [7, 11) is 1.73. The molecule has 6 nitrogen and oxygen atoms in total. The van der Waals surface area contributed by atoms with Crippen molar-refractivity contribution in [3.8, 4) is 5.75 Å². The van der Waals surface area contributed by atoms with Crippen molar-refractivity contribution < 1.29 is 9.47 Å². The van der Waals surface area contributed by atoms with E-state index in [1.165, 1.54) is 0 Å². The van der Waals surface area contributed by atoms with Crippen LogP contribution in [-0.4, -0.2) is 58.0 Å². The molecule has 2 heterocycles. The van der Waals surface area contributed by atoms with Crippen molar-refractivity contribution in [3.63, 3.8) is 0 Å². The zero-order chi connectivity index (χ0) is 17.5. The Balaban J connectivity index is 0.00000243. The molecule has 0 radical (unpaired) electrons. The molecule has 3 rings (SSSR count). The highest BCUT2D eigenvalue weighted by Gasteiger charge is 2.25. The molecule has 26 heavy (non-hydrogen) atoms. The molecule has 1 aromatic rings. The molecule has 0 saturated carbocycles. The SMILES string of the molecule is CCNC(=NCC1CCCO1)NC1CCN(c2ccccc2OC)C1.I. The van der Waals surface area contributed by atoms with Crippen LogP contribution in [0.4, 0.5) is 5.69 Å². The van der Waals surface area contributed by atoms with E-state index in [1.54, 1.807) is 7.11 Å². The molecule has 0 aromatic heterocycles. The highest BCUT2D eigenvalue weighted by atomic mass is 127. The Morgan fingerprint density at radius 3 is 2.92 bits per heavy atom. The smallest absolute Gasteiger partial charge is 0.191 e. The van der Waals surface area contributed by atoms with Crippen molar-refractivity contribution in [2.45, 2.75) is 38.3 Å². The summed E-state index contributed by atoms with van der Waals surface area (Å²) >= 11 is 0. The molecule has 1 aromatic carbocycles. The summed E-state index contributed by atoms with van der Waals surface area (Å²) in [6.07, 6.45) is 3.64. The van der Waals surface area contributed by atoms with Gasteiger partial charge in [0.1, 0.15) is 5.75 Å². The Labute approximate surface area is 173 Å². The van der Waals surface area contributed by atoms with Gasteiger partial charge in [0.15, 0.2) is 5.96 Å². The van der Waals surface area contributed by atoms with Crippen LogP contribution in [-0.2, 0) is 4.74 Å². The van der Waals surface area contributed by atoms with Crippen molar-refractivity contribution in [2.75, 3.05) is 44.8 Å². The Morgan fingerprint density at radius 2 is 2.19 bits per heavy atom. The average molecular weight is 474 g/mol. The number of para-hydroxylation sites is 2. The molecule has 2 fully saturated rings. The summed E-state index contributed by atoms with van der Waals surface area (Å²) in [4.78, 5) is 7.09. The van der Waals surface area contributed by atoms with Gasteiger partial charge < -0.3 is 25.0 Å². The fraction of sp³-hybridized carbons (Fsp3) is 0.632. The molecule has 2 N–H and O–H groups in total. The second kappa shape index (κ2) is 10.8. The topological polar surface area (TPSA) is 58.1 Å². The van der Waals surface area contributed by atoms with Gasteiger partial charge in [-0.15, -0.1) is 24.0 Å². The third kappa shape index (κ3) is 5.64. The van der Waals surface area contributed by atoms with E-state index in [4.69, 9.17) is 14.5 Å². The van der Waals surface area contributed by atoms with Crippen LogP contribution < -0.4 is 20.3 Å². The minimum atomic E-state index is 0. The van der Waals surface area contributed by atoms with Crippen LogP contribution in [0.15, 0.2) is 29.3 Å². The summed E-state index contributed by atoms with van der Waals surface area (Å²) in [6.45, 7) is 6.53. The second-order valence-electron chi connectivity index (χ2n) is 6.60. The molecular weight excluding hydrogens is 443 g/mol. The summed E-state index contributed by atoms with van der Waals surface area (Å²) < 4.78 is 11.2. The summed E-state index contributed by atoms with van der Waals surface area (Å²) in [5, 5.41) is 6.93. The molecule has 0 bridgehead atoms. The number of halogens is 1. The minimum absolute atomic E-state index is 0. The number of rotatable bonds is 6. The number of hydrogen-bond acceptors (Lipinski definition) is 4. The summed E-state index contributed by atoms with van der Waals surface area (Å²) in [5.41, 5.74) is 1.16. The van der Waals surface area contributed by atoms with E-state index in [2.05, 4.69) is 34.6 Å². The third-order valence-corrected chi connectivity index (χ3v) is 4.78. The molecule has 146 valence electrons. The third-order valence-electron chi connectivity index (χ3n) is 4.78. The lowest BCUT2D eigenvalue weighted by Crippen LogP contribution is -2.45. The Hall–Kier alpha value is -1.22. The lowest BCUT2D eigenvalue weighted by atomic mass is 10.2. The van der Waals surface area contributed by atoms with Crippen LogP contribution in [0.1, 0.15) is 26.2 Å². The van der Waals surface area contributed by atoms with E-state index >= 15 is 0 Å². The maximum Gasteiger partial charge on any atom is 0.191 e. The molecule has 7 heteroatoms. The van der Waals surface area contributed by atoms with Crippen LogP contribution in [0.25, 0.3) is 0 Å². The first-order chi connectivity index (χ1) is 12.3. The van der Waals surface area contributed by atoms with Gasteiger partial charge in [0.2, 0.25) is 0 Å². The van der Waals surface area contributed by atoms with Gasteiger partial charge in [-0.2, -0.15) is 0 Å². The van der Waals surface area contributed by atoms with Crippen LogP contribution in [0.3, 0.4) is 0 Å². The van der Waals surface area contributed by atoms with Gasteiger partial charge in [-0.3, -0.25) is 4.99 Å². The number of anilines is 1. The van der Waals surface area contributed by atoms with E-state index in [0.717, 1.165) is 69.4 Å². The summed E-state index contributed by atoms with van der Waals surface area (Å²) in [5.74, 6) is 1.83. The molecule has 2 aliphatic heterocycles. The monoisotopic (exact) mass is 474 g/mol. The Kier molecular flexibility index (Phi) is 8.77. The largest absolute Gasteiger partial charge is 0.495 e. The quantitative estimate of drug-likeness (QED) is 0.377. The lowest BCUT2D eigenvalue weighted by molar-refractivity contribution is 0.117. The van der Waals surface area contributed by atoms with Gasteiger partial charge >= 0.3 is 0 Å². The first-order valence-corrected chi connectivity index (χ1v) is 9.34. The molecule has 0 amide bonds. The van der Waals surface area contributed by atoms with Gasteiger partial charge in [0, 0.05) is 32.3 Å². The van der Waals surface area contributed by atoms with E-state index in [-0.39, 0.29) is 30.1 Å². The zero-order valence-electron chi connectivity index (χ0n) is 15.7. The molecule has 2 aliphatic rings. The minimum Gasteiger partial charge on any atom is -0.495 e. The van der Waals surface area contributed by atoms with E-state index in [1.807, 2.05) is 12.1 Å². The highest BCUT2D eigenvalue weighted by molar-refractivity contribution is 14.0. The van der Waals surface area contributed by atoms with Crippen molar-refractivity contribution in [3.05, 3.63) is 24.3 Å². The number of methoxy groups -OCH3 is 1. The van der Waals surface area contributed by atoms with Crippen molar-refractivity contribution in [1.29, 1.82) is 0 Å². The van der Waals surface area contributed by atoms with E-state index in [0.29, 0.717) is 6.04 Å². The predicted molar refractivity (Wildman–Crippen MR) is 117 cm³/mol. The molecule has 0 aliphatic carbocycles. The fourth-order valence-corrected chi connectivity index (χ4v) is 3.48. The maximum absolute atomic E-state index is 5.67. The van der Waals surface area contributed by atoms with E-state index < -0.39 is 0 Å². The molecular formula is C19H31IN4O2. The number of nitrogens with one attached hydrogen (secondary N) is 2. The molecule has 2 unspecified atom stereocenters. The van der Waals surface area contributed by atoms with E-state index in [9.17, 15) is 0 Å². The van der Waals surface area contributed by atoms with Crippen LogP contribution in [0.2, 0.25) is 0 Å². The Bertz CT molecular complexity index is 578. The van der Waals surface area contributed by atoms with Crippen LogP contribution in [0, 0.1) is 0 Å². The first kappa shape index (κ1) is 21.1. The molecule has 2 saturated heterocycles. The number of hydrogen-bond donors (Lipinski definition) is 2. The maximum atomic E-state index is 5.67. The fourth-order valence-electron chi connectivity index (χ4n) is 3.48. The van der Waals surface area contributed by atoms with Gasteiger partial charge in [-0.25, -0.2) is 0 Å². The predicted octanol–water partition coefficient (Wildman–Crippen LogP) is 2.63. The standard InChI is InChI=1S/C19H30N4O2.HI/c1-3-20-19(21-13-16-7-6-12-25-16)22-15-10-11-23(14-15)17-8-4-5-9-18(17)24-2;/h4-5,8-9,15-16H,3,6-7,10-14H2,1-2H3,(H2,20,21,22);1H. The average Bonchev–Trinajstić information content (AvgIpc) is 3.32. The number of aliphatic imine (C=N–C) groups is 1.